The third kappa shape index (κ3) is 5.52. The molecule has 0 radical (unpaired) electrons. The van der Waals surface area contributed by atoms with Crippen LogP contribution in [-0.2, 0) is 4.79 Å². The normalized spacial score (nSPS) is 29.0. The second-order valence-corrected chi connectivity index (χ2v) is 9.95. The van der Waals surface area contributed by atoms with Crippen LogP contribution in [-0.4, -0.2) is 72.0 Å². The van der Waals surface area contributed by atoms with Gasteiger partial charge in [0.1, 0.15) is 12.2 Å². The standard InChI is InChI=1S/C24H40N8O3/c1-4-14(5-2)27-22-19-23(31-24(30-22)28-15-9-7-13(25)8-10-15)32(12-26-19)17-11-16(20(34)21(17)35)29-18(33)6-3/h12-17,20-21,34-35H,4-11,25H2,1-3H3,(H,29,33)(H2,27,28,30,31)/t13?,15?,16-,17+,20+,21-/m0/s1. The molecule has 194 valence electrons. The maximum Gasteiger partial charge on any atom is 0.227 e. The van der Waals surface area contributed by atoms with Crippen LogP contribution < -0.4 is 21.7 Å². The first kappa shape index (κ1) is 25.6. The van der Waals surface area contributed by atoms with Crippen molar-refractivity contribution in [1.82, 2.24) is 24.8 Å². The molecule has 2 aliphatic rings. The Morgan fingerprint density at radius 1 is 1.14 bits per heavy atom. The predicted molar refractivity (Wildman–Crippen MR) is 135 cm³/mol. The smallest absolute Gasteiger partial charge is 0.227 e. The van der Waals surface area contributed by atoms with E-state index in [0.717, 1.165) is 38.5 Å². The molecular weight excluding hydrogens is 448 g/mol. The number of aliphatic hydroxyl groups excluding tert-OH is 2. The SMILES string of the molecule is CCC(=O)N[C@H]1C[C@@H](n2cnc3c(NC(CC)CC)nc(NC4CCC(N)CC4)nc32)[C@H](O)[C@@H]1O. The summed E-state index contributed by atoms with van der Waals surface area (Å²) in [5.74, 6) is 1.01. The first-order valence-electron chi connectivity index (χ1n) is 13.0. The number of carbonyl (C=O) groups excluding carboxylic acids is 1. The lowest BCUT2D eigenvalue weighted by atomic mass is 9.92. The molecule has 4 rings (SSSR count). The van der Waals surface area contributed by atoms with Crippen molar-refractivity contribution in [1.29, 1.82) is 0 Å². The zero-order valence-corrected chi connectivity index (χ0v) is 20.9. The molecule has 0 spiro atoms. The van der Waals surface area contributed by atoms with Crippen LogP contribution in [0.4, 0.5) is 11.8 Å². The van der Waals surface area contributed by atoms with Crippen LogP contribution in [0.1, 0.15) is 78.2 Å². The second-order valence-electron chi connectivity index (χ2n) is 9.95. The lowest BCUT2D eigenvalue weighted by Gasteiger charge is -2.27. The molecule has 2 saturated carbocycles. The van der Waals surface area contributed by atoms with Crippen LogP contribution in [0.5, 0.6) is 0 Å². The highest BCUT2D eigenvalue weighted by molar-refractivity contribution is 5.84. The zero-order chi connectivity index (χ0) is 25.1. The molecule has 35 heavy (non-hydrogen) atoms. The van der Waals surface area contributed by atoms with Gasteiger partial charge in [-0.05, 0) is 44.9 Å². The van der Waals surface area contributed by atoms with Gasteiger partial charge in [-0.15, -0.1) is 0 Å². The molecule has 0 unspecified atom stereocenters. The molecule has 0 bridgehead atoms. The highest BCUT2D eigenvalue weighted by atomic mass is 16.3. The number of nitrogens with two attached hydrogens (primary N) is 1. The highest BCUT2D eigenvalue weighted by Gasteiger charge is 2.43. The topological polar surface area (TPSA) is 163 Å². The molecule has 11 heteroatoms. The van der Waals surface area contributed by atoms with E-state index >= 15 is 0 Å². The number of hydrogen-bond donors (Lipinski definition) is 6. The third-order valence-corrected chi connectivity index (χ3v) is 7.53. The molecule has 0 aliphatic heterocycles. The number of fused-ring (bicyclic) bond motifs is 1. The maximum absolute atomic E-state index is 11.9. The van der Waals surface area contributed by atoms with Crippen molar-refractivity contribution in [3.8, 4) is 0 Å². The Hall–Kier alpha value is -2.50. The highest BCUT2D eigenvalue weighted by Crippen LogP contribution is 2.35. The fourth-order valence-electron chi connectivity index (χ4n) is 5.19. The minimum absolute atomic E-state index is 0.157. The van der Waals surface area contributed by atoms with Gasteiger partial charge in [0.25, 0.3) is 0 Å². The number of nitrogens with one attached hydrogen (secondary N) is 3. The van der Waals surface area contributed by atoms with Crippen molar-refractivity contribution in [2.45, 2.75) is 115 Å². The Kier molecular flexibility index (Phi) is 8.08. The Morgan fingerprint density at radius 3 is 2.51 bits per heavy atom. The van der Waals surface area contributed by atoms with Crippen LogP contribution >= 0.6 is 0 Å². The van der Waals surface area contributed by atoms with Crippen LogP contribution in [0.15, 0.2) is 6.33 Å². The van der Waals surface area contributed by atoms with Crippen LogP contribution in [0.2, 0.25) is 0 Å². The quantitative estimate of drug-likeness (QED) is 0.308. The van der Waals surface area contributed by atoms with Crippen molar-refractivity contribution in [3.63, 3.8) is 0 Å². The Bertz CT molecular complexity index is 1000. The van der Waals surface area contributed by atoms with Crippen molar-refractivity contribution in [2.24, 2.45) is 5.73 Å². The van der Waals surface area contributed by atoms with Crippen molar-refractivity contribution < 1.29 is 15.0 Å². The number of rotatable bonds is 9. The molecule has 2 heterocycles. The van der Waals surface area contributed by atoms with Gasteiger partial charge in [0.15, 0.2) is 17.0 Å². The number of nitrogens with zero attached hydrogens (tertiary/aromatic N) is 4. The maximum atomic E-state index is 11.9. The Labute approximate surface area is 206 Å². The molecular formula is C24H40N8O3. The minimum Gasteiger partial charge on any atom is -0.388 e. The minimum atomic E-state index is -1.07. The van der Waals surface area contributed by atoms with Gasteiger partial charge in [0, 0.05) is 24.5 Å². The number of amides is 1. The van der Waals surface area contributed by atoms with E-state index < -0.39 is 24.3 Å². The van der Waals surface area contributed by atoms with E-state index in [1.807, 2.05) is 4.57 Å². The van der Waals surface area contributed by atoms with Crippen LogP contribution in [0.25, 0.3) is 11.2 Å². The summed E-state index contributed by atoms with van der Waals surface area (Å²) in [6.07, 6.45) is 5.95. The van der Waals surface area contributed by atoms with Gasteiger partial charge in [-0.2, -0.15) is 9.97 Å². The van der Waals surface area contributed by atoms with Gasteiger partial charge in [-0.25, -0.2) is 4.98 Å². The van der Waals surface area contributed by atoms with Gasteiger partial charge >= 0.3 is 0 Å². The number of anilines is 2. The Morgan fingerprint density at radius 2 is 1.86 bits per heavy atom. The summed E-state index contributed by atoms with van der Waals surface area (Å²) in [6.45, 7) is 6.01. The van der Waals surface area contributed by atoms with Crippen molar-refractivity contribution >= 4 is 28.8 Å². The molecule has 1 amide bonds. The Balaban J connectivity index is 1.67. The number of aromatic nitrogens is 4. The fourth-order valence-corrected chi connectivity index (χ4v) is 5.19. The lowest BCUT2D eigenvalue weighted by Crippen LogP contribution is -2.42. The summed E-state index contributed by atoms with van der Waals surface area (Å²) in [5, 5.41) is 31.3. The average molecular weight is 489 g/mol. The number of imidazole rings is 1. The largest absolute Gasteiger partial charge is 0.388 e. The molecule has 2 aromatic heterocycles. The number of aliphatic hydroxyl groups is 2. The van der Waals surface area contributed by atoms with Crippen LogP contribution in [0.3, 0.4) is 0 Å². The van der Waals surface area contributed by atoms with Gasteiger partial charge in [-0.1, -0.05) is 20.8 Å². The van der Waals surface area contributed by atoms with E-state index in [1.165, 1.54) is 0 Å². The van der Waals surface area contributed by atoms with E-state index in [-0.39, 0.29) is 24.0 Å². The van der Waals surface area contributed by atoms with E-state index in [2.05, 4.69) is 34.8 Å². The van der Waals surface area contributed by atoms with Crippen molar-refractivity contribution in [2.75, 3.05) is 10.6 Å². The molecule has 2 fully saturated rings. The molecule has 2 aliphatic carbocycles. The van der Waals surface area contributed by atoms with Crippen molar-refractivity contribution in [3.05, 3.63) is 6.33 Å². The molecule has 2 aromatic rings. The fraction of sp³-hybridized carbons (Fsp3) is 0.750. The summed E-state index contributed by atoms with van der Waals surface area (Å²) in [6, 6.07) is -0.272. The average Bonchev–Trinajstić information content (AvgIpc) is 3.40. The zero-order valence-electron chi connectivity index (χ0n) is 20.9. The number of carbonyl (C=O) groups is 1. The van der Waals surface area contributed by atoms with E-state index in [4.69, 9.17) is 15.7 Å². The summed E-state index contributed by atoms with van der Waals surface area (Å²) in [7, 11) is 0. The summed E-state index contributed by atoms with van der Waals surface area (Å²) in [4.78, 5) is 26.1. The molecule has 0 saturated heterocycles. The summed E-state index contributed by atoms with van der Waals surface area (Å²) < 4.78 is 1.81. The number of hydrogen-bond acceptors (Lipinski definition) is 9. The van der Waals surface area contributed by atoms with E-state index in [1.54, 1.807) is 13.3 Å². The van der Waals surface area contributed by atoms with Gasteiger partial charge in [0.2, 0.25) is 11.9 Å². The lowest BCUT2D eigenvalue weighted by molar-refractivity contribution is -0.122. The molecule has 11 nitrogen and oxygen atoms in total. The predicted octanol–water partition coefficient (Wildman–Crippen LogP) is 1.67. The van der Waals surface area contributed by atoms with Gasteiger partial charge in [0.05, 0.1) is 18.4 Å². The third-order valence-electron chi connectivity index (χ3n) is 7.53. The second kappa shape index (κ2) is 11.0. The monoisotopic (exact) mass is 488 g/mol. The van der Waals surface area contributed by atoms with E-state index in [9.17, 15) is 15.0 Å². The van der Waals surface area contributed by atoms with Gasteiger partial charge < -0.3 is 36.5 Å². The molecule has 4 atom stereocenters. The first-order chi connectivity index (χ1) is 16.8. The first-order valence-corrected chi connectivity index (χ1v) is 13.0. The summed E-state index contributed by atoms with van der Waals surface area (Å²) >= 11 is 0. The van der Waals surface area contributed by atoms with Gasteiger partial charge in [-0.3, -0.25) is 4.79 Å². The van der Waals surface area contributed by atoms with E-state index in [0.29, 0.717) is 35.8 Å². The molecule has 7 N–H and O–H groups in total. The summed E-state index contributed by atoms with van der Waals surface area (Å²) in [5.41, 5.74) is 7.28. The van der Waals surface area contributed by atoms with Crippen LogP contribution in [0, 0.1) is 0 Å². The molecule has 0 aromatic carbocycles.